The highest BCUT2D eigenvalue weighted by Gasteiger charge is 2.30. The first-order chi connectivity index (χ1) is 17.8. The molecule has 0 unspecified atom stereocenters. The van der Waals surface area contributed by atoms with E-state index < -0.39 is 0 Å². The Bertz CT molecular complexity index is 1080. The van der Waals surface area contributed by atoms with Crippen LogP contribution in [-0.4, -0.2) is 91.6 Å². The fourth-order valence-electron chi connectivity index (χ4n) is 4.51. The van der Waals surface area contributed by atoms with Crippen molar-refractivity contribution in [3.05, 3.63) is 40.4 Å². The highest BCUT2D eigenvalue weighted by Crippen LogP contribution is 2.27. The number of aliphatic hydroxyl groups is 1. The number of nitrogens with zero attached hydrogens (tertiary/aromatic N) is 3. The van der Waals surface area contributed by atoms with E-state index in [0.29, 0.717) is 75.8 Å². The lowest BCUT2D eigenvalue weighted by molar-refractivity contribution is -0.0552. The van der Waals surface area contributed by atoms with Crippen molar-refractivity contribution in [2.24, 2.45) is 0 Å². The quantitative estimate of drug-likeness (QED) is 0.423. The van der Waals surface area contributed by atoms with Crippen molar-refractivity contribution in [2.45, 2.75) is 44.9 Å². The van der Waals surface area contributed by atoms with E-state index >= 15 is 0 Å². The first-order valence-corrected chi connectivity index (χ1v) is 13.6. The molecule has 0 saturated carbocycles. The number of hydrogen-bond acceptors (Lipinski definition) is 9. The number of aliphatic hydroxyl groups excluding tert-OH is 1. The molecule has 3 heterocycles. The van der Waals surface area contributed by atoms with Crippen molar-refractivity contribution in [1.82, 2.24) is 15.2 Å². The van der Waals surface area contributed by atoms with Crippen molar-refractivity contribution in [2.75, 3.05) is 63.3 Å². The van der Waals surface area contributed by atoms with Gasteiger partial charge in [-0.15, -0.1) is 11.3 Å². The Morgan fingerprint density at radius 1 is 1.24 bits per heavy atom. The zero-order valence-corrected chi connectivity index (χ0v) is 22.6. The Hall–Kier alpha value is -2.57. The summed E-state index contributed by atoms with van der Waals surface area (Å²) in [5.74, 6) is -0.645. The fraction of sp³-hybridized carbons (Fsp3) is 0.577. The van der Waals surface area contributed by atoms with Crippen molar-refractivity contribution in [1.29, 1.82) is 0 Å². The summed E-state index contributed by atoms with van der Waals surface area (Å²) >= 11 is 1.41. The maximum atomic E-state index is 13.1. The second-order valence-corrected chi connectivity index (χ2v) is 10.9. The average Bonchev–Trinajstić information content (AvgIpc) is 3.37. The van der Waals surface area contributed by atoms with Gasteiger partial charge < -0.3 is 30.1 Å². The second-order valence-electron chi connectivity index (χ2n) is 10.1. The summed E-state index contributed by atoms with van der Waals surface area (Å²) in [6.45, 7) is 9.28. The van der Waals surface area contributed by atoms with Crippen LogP contribution in [0.1, 0.15) is 53.1 Å². The number of carbonyl (C=O) groups excluding carboxylic acids is 2. The van der Waals surface area contributed by atoms with E-state index in [9.17, 15) is 14.7 Å². The topological polar surface area (TPSA) is 116 Å². The smallest absolute Gasteiger partial charge is 0.275 e. The number of thiazole rings is 1. The Kier molecular flexibility index (Phi) is 9.14. The number of nitrogens with one attached hydrogen (secondary N) is 2. The number of anilines is 2. The SMILES string of the molecule is COCCNC(=O)c1cc(CN2CCOCC2(C)C)ccc1NC(=O)c1csc(N2CCC(O)CC2)n1. The molecule has 10 nitrogen and oxygen atoms in total. The number of carbonyl (C=O) groups is 2. The van der Waals surface area contributed by atoms with Crippen LogP contribution in [0, 0.1) is 0 Å². The van der Waals surface area contributed by atoms with Crippen molar-refractivity contribution >= 4 is 34.0 Å². The number of ether oxygens (including phenoxy) is 2. The first kappa shape index (κ1) is 27.5. The minimum Gasteiger partial charge on any atom is -0.393 e. The Morgan fingerprint density at radius 2 is 2.03 bits per heavy atom. The molecule has 2 amide bonds. The zero-order chi connectivity index (χ0) is 26.4. The molecule has 2 aromatic rings. The van der Waals surface area contributed by atoms with Gasteiger partial charge in [0.05, 0.1) is 37.2 Å². The third kappa shape index (κ3) is 7.05. The molecule has 2 aliphatic heterocycles. The van der Waals surface area contributed by atoms with Gasteiger partial charge in [-0.05, 0) is 44.4 Å². The predicted octanol–water partition coefficient (Wildman–Crippen LogP) is 2.34. The van der Waals surface area contributed by atoms with Crippen LogP contribution in [0.15, 0.2) is 23.6 Å². The van der Waals surface area contributed by atoms with Crippen LogP contribution >= 0.6 is 11.3 Å². The van der Waals surface area contributed by atoms with Crippen molar-refractivity contribution in [3.8, 4) is 0 Å². The molecular weight excluding hydrogens is 494 g/mol. The maximum absolute atomic E-state index is 13.1. The first-order valence-electron chi connectivity index (χ1n) is 12.7. The van der Waals surface area contributed by atoms with E-state index in [1.54, 1.807) is 18.6 Å². The highest BCUT2D eigenvalue weighted by molar-refractivity contribution is 7.14. The normalized spacial score (nSPS) is 18.5. The summed E-state index contributed by atoms with van der Waals surface area (Å²) < 4.78 is 10.7. The Balaban J connectivity index is 1.50. The molecule has 3 N–H and O–H groups in total. The molecule has 1 aromatic carbocycles. The molecule has 0 aliphatic carbocycles. The molecule has 1 aromatic heterocycles. The molecule has 4 rings (SSSR count). The largest absolute Gasteiger partial charge is 0.393 e. The number of amides is 2. The van der Waals surface area contributed by atoms with Crippen LogP contribution < -0.4 is 15.5 Å². The van der Waals surface area contributed by atoms with E-state index in [0.717, 1.165) is 17.2 Å². The molecule has 0 spiro atoms. The average molecular weight is 532 g/mol. The van der Waals surface area contributed by atoms with Gasteiger partial charge in [-0.2, -0.15) is 0 Å². The van der Waals surface area contributed by atoms with Crippen LogP contribution in [0.2, 0.25) is 0 Å². The van der Waals surface area contributed by atoms with E-state index in [2.05, 4.69) is 39.3 Å². The van der Waals surface area contributed by atoms with E-state index in [4.69, 9.17) is 9.47 Å². The molecular formula is C26H37N5O5S. The lowest BCUT2D eigenvalue weighted by Gasteiger charge is -2.42. The molecule has 2 aliphatic rings. The number of aromatic nitrogens is 1. The van der Waals surface area contributed by atoms with E-state index in [1.165, 1.54) is 11.3 Å². The summed E-state index contributed by atoms with van der Waals surface area (Å²) in [5.41, 5.74) is 2.00. The molecule has 2 fully saturated rings. The third-order valence-electron chi connectivity index (χ3n) is 6.82. The lowest BCUT2D eigenvalue weighted by Crippen LogP contribution is -2.52. The number of rotatable bonds is 9. The Morgan fingerprint density at radius 3 is 2.76 bits per heavy atom. The standard InChI is InChI=1S/C26H37N5O5S/c1-26(2)17-36-13-11-31(26)15-18-4-5-21(20(14-18)23(33)27-8-12-35-3)28-24(34)22-16-37-25(29-22)30-9-6-19(32)7-10-30/h4-5,14,16,19,32H,6-13,15,17H2,1-3H3,(H,27,33)(H,28,34). The number of benzene rings is 1. The third-order valence-corrected chi connectivity index (χ3v) is 7.72. The van der Waals surface area contributed by atoms with Crippen LogP contribution in [0.25, 0.3) is 0 Å². The highest BCUT2D eigenvalue weighted by atomic mass is 32.1. The molecule has 2 saturated heterocycles. The van der Waals surface area contributed by atoms with Gasteiger partial charge in [-0.3, -0.25) is 14.5 Å². The minimum atomic E-state index is -0.368. The summed E-state index contributed by atoms with van der Waals surface area (Å²) in [5, 5.41) is 18.0. The number of morpholine rings is 1. The number of methoxy groups -OCH3 is 1. The number of piperidine rings is 1. The summed E-state index contributed by atoms with van der Waals surface area (Å²) in [6.07, 6.45) is 1.11. The van der Waals surface area contributed by atoms with Crippen LogP contribution in [0.5, 0.6) is 0 Å². The molecule has 0 radical (unpaired) electrons. The van der Waals surface area contributed by atoms with Gasteiger partial charge in [0.1, 0.15) is 5.69 Å². The van der Waals surface area contributed by atoms with Gasteiger partial charge >= 0.3 is 0 Å². The lowest BCUT2D eigenvalue weighted by atomic mass is 10.00. The monoisotopic (exact) mass is 531 g/mol. The van der Waals surface area contributed by atoms with E-state index in [1.807, 2.05) is 12.1 Å². The molecule has 0 atom stereocenters. The van der Waals surface area contributed by atoms with Gasteiger partial charge in [-0.25, -0.2) is 4.98 Å². The van der Waals surface area contributed by atoms with Gasteiger partial charge in [0.2, 0.25) is 0 Å². The van der Waals surface area contributed by atoms with Crippen LogP contribution in [0.4, 0.5) is 10.8 Å². The van der Waals surface area contributed by atoms with Gasteiger partial charge in [0, 0.05) is 50.8 Å². The molecule has 202 valence electrons. The van der Waals surface area contributed by atoms with Gasteiger partial charge in [-0.1, -0.05) is 6.07 Å². The minimum absolute atomic E-state index is 0.110. The maximum Gasteiger partial charge on any atom is 0.275 e. The molecule has 11 heteroatoms. The van der Waals surface area contributed by atoms with Crippen molar-refractivity contribution < 1.29 is 24.2 Å². The summed E-state index contributed by atoms with van der Waals surface area (Å²) in [7, 11) is 1.58. The molecule has 0 bridgehead atoms. The second kappa shape index (κ2) is 12.3. The predicted molar refractivity (Wildman–Crippen MR) is 143 cm³/mol. The Labute approximate surface area is 222 Å². The van der Waals surface area contributed by atoms with Crippen LogP contribution in [-0.2, 0) is 16.0 Å². The van der Waals surface area contributed by atoms with Crippen molar-refractivity contribution in [3.63, 3.8) is 0 Å². The van der Waals surface area contributed by atoms with Crippen LogP contribution in [0.3, 0.4) is 0 Å². The van der Waals surface area contributed by atoms with E-state index in [-0.39, 0.29) is 23.5 Å². The van der Waals surface area contributed by atoms with Gasteiger partial charge in [0.15, 0.2) is 5.13 Å². The summed E-state index contributed by atoms with van der Waals surface area (Å²) in [4.78, 5) is 35.1. The number of hydrogen-bond donors (Lipinski definition) is 3. The summed E-state index contributed by atoms with van der Waals surface area (Å²) in [6, 6.07) is 5.57. The molecule has 37 heavy (non-hydrogen) atoms. The van der Waals surface area contributed by atoms with Gasteiger partial charge in [0.25, 0.3) is 11.8 Å². The fourth-order valence-corrected chi connectivity index (χ4v) is 5.37. The zero-order valence-electron chi connectivity index (χ0n) is 21.8.